The van der Waals surface area contributed by atoms with Crippen LogP contribution in [-0.4, -0.2) is 26.4 Å². The lowest BCUT2D eigenvalue weighted by Gasteiger charge is -2.09. The Morgan fingerprint density at radius 2 is 2.22 bits per heavy atom. The molecule has 1 aliphatic rings. The van der Waals surface area contributed by atoms with Crippen LogP contribution in [0.25, 0.3) is 0 Å². The lowest BCUT2D eigenvalue weighted by molar-refractivity contribution is -0.113. The number of hydrogen-bond acceptors (Lipinski definition) is 4. The van der Waals surface area contributed by atoms with Gasteiger partial charge in [-0.25, -0.2) is 0 Å². The van der Waals surface area contributed by atoms with Gasteiger partial charge in [0.05, 0.1) is 5.75 Å². The average molecular weight is 351 g/mol. The Balaban J connectivity index is 1.60. The first-order valence-corrected chi connectivity index (χ1v) is 9.11. The van der Waals surface area contributed by atoms with Gasteiger partial charge in [0.1, 0.15) is 5.82 Å². The quantitative estimate of drug-likeness (QED) is 0.854. The van der Waals surface area contributed by atoms with Crippen LogP contribution in [0.1, 0.15) is 30.7 Å². The number of anilines is 1. The monoisotopic (exact) mass is 350 g/mol. The number of nitrogens with zero attached hydrogens (tertiary/aromatic N) is 3. The summed E-state index contributed by atoms with van der Waals surface area (Å²) in [6.45, 7) is 2.87. The SMILES string of the molecule is Cc1cc(Cl)ccc1NC(=O)CSc1nnc2n1CCCCC2. The summed E-state index contributed by atoms with van der Waals surface area (Å²) < 4.78 is 2.15. The maximum Gasteiger partial charge on any atom is 0.234 e. The van der Waals surface area contributed by atoms with E-state index in [2.05, 4.69) is 20.1 Å². The summed E-state index contributed by atoms with van der Waals surface area (Å²) in [5.41, 5.74) is 1.74. The molecule has 0 saturated heterocycles. The first-order valence-electron chi connectivity index (χ1n) is 7.74. The zero-order valence-corrected chi connectivity index (χ0v) is 14.6. The minimum absolute atomic E-state index is 0.0496. The molecule has 1 aromatic carbocycles. The summed E-state index contributed by atoms with van der Waals surface area (Å²) in [5.74, 6) is 1.31. The van der Waals surface area contributed by atoms with E-state index in [1.807, 2.05) is 19.1 Å². The molecule has 122 valence electrons. The molecular formula is C16H19ClN4OS. The van der Waals surface area contributed by atoms with Crippen molar-refractivity contribution in [2.75, 3.05) is 11.1 Å². The van der Waals surface area contributed by atoms with Crippen molar-refractivity contribution in [3.05, 3.63) is 34.6 Å². The molecule has 2 aromatic rings. The third-order valence-electron chi connectivity index (χ3n) is 3.87. The Morgan fingerprint density at radius 1 is 1.35 bits per heavy atom. The molecule has 1 amide bonds. The van der Waals surface area contributed by atoms with Crippen molar-refractivity contribution in [3.63, 3.8) is 0 Å². The molecule has 1 N–H and O–H groups in total. The highest BCUT2D eigenvalue weighted by atomic mass is 35.5. The van der Waals surface area contributed by atoms with E-state index in [1.165, 1.54) is 24.6 Å². The van der Waals surface area contributed by atoms with Crippen LogP contribution in [0.5, 0.6) is 0 Å². The highest BCUT2D eigenvalue weighted by Gasteiger charge is 2.16. The molecule has 0 unspecified atom stereocenters. The average Bonchev–Trinajstić information content (AvgIpc) is 2.75. The smallest absolute Gasteiger partial charge is 0.234 e. The van der Waals surface area contributed by atoms with Crippen molar-refractivity contribution in [1.82, 2.24) is 14.8 Å². The molecule has 0 atom stereocenters. The zero-order chi connectivity index (χ0) is 16.2. The third-order valence-corrected chi connectivity index (χ3v) is 5.07. The highest BCUT2D eigenvalue weighted by molar-refractivity contribution is 7.99. The highest BCUT2D eigenvalue weighted by Crippen LogP contribution is 2.23. The number of fused-ring (bicyclic) bond motifs is 1. The van der Waals surface area contributed by atoms with E-state index in [-0.39, 0.29) is 5.91 Å². The number of aromatic nitrogens is 3. The Kier molecular flexibility index (Phi) is 5.23. The van der Waals surface area contributed by atoms with Crippen molar-refractivity contribution >= 4 is 35.0 Å². The first kappa shape index (κ1) is 16.3. The van der Waals surface area contributed by atoms with E-state index < -0.39 is 0 Å². The number of benzene rings is 1. The molecule has 0 bridgehead atoms. The topological polar surface area (TPSA) is 59.8 Å². The van der Waals surface area contributed by atoms with Gasteiger partial charge in [0.15, 0.2) is 5.16 Å². The second-order valence-electron chi connectivity index (χ2n) is 5.66. The summed E-state index contributed by atoms with van der Waals surface area (Å²) in [6, 6.07) is 5.43. The van der Waals surface area contributed by atoms with Gasteiger partial charge in [0.2, 0.25) is 5.91 Å². The molecule has 1 aromatic heterocycles. The van der Waals surface area contributed by atoms with Crippen molar-refractivity contribution in [1.29, 1.82) is 0 Å². The number of rotatable bonds is 4. The van der Waals surface area contributed by atoms with Gasteiger partial charge in [-0.15, -0.1) is 10.2 Å². The summed E-state index contributed by atoms with van der Waals surface area (Å²) in [6.07, 6.45) is 4.52. The minimum Gasteiger partial charge on any atom is -0.325 e. The lowest BCUT2D eigenvalue weighted by Crippen LogP contribution is -2.15. The Hall–Kier alpha value is -1.53. The van der Waals surface area contributed by atoms with Gasteiger partial charge >= 0.3 is 0 Å². The van der Waals surface area contributed by atoms with Crippen molar-refractivity contribution in [2.24, 2.45) is 0 Å². The van der Waals surface area contributed by atoms with Gasteiger partial charge in [0, 0.05) is 23.7 Å². The van der Waals surface area contributed by atoms with Crippen LogP contribution >= 0.6 is 23.4 Å². The second kappa shape index (κ2) is 7.36. The van der Waals surface area contributed by atoms with E-state index >= 15 is 0 Å². The molecular weight excluding hydrogens is 332 g/mol. The van der Waals surface area contributed by atoms with Crippen LogP contribution < -0.4 is 5.32 Å². The van der Waals surface area contributed by atoms with Crippen molar-refractivity contribution in [2.45, 2.75) is 44.3 Å². The van der Waals surface area contributed by atoms with Crippen LogP contribution in [-0.2, 0) is 17.8 Å². The molecule has 5 nitrogen and oxygen atoms in total. The second-order valence-corrected chi connectivity index (χ2v) is 7.04. The maximum absolute atomic E-state index is 12.2. The van der Waals surface area contributed by atoms with Gasteiger partial charge in [-0.2, -0.15) is 0 Å². The van der Waals surface area contributed by atoms with Crippen LogP contribution in [0.2, 0.25) is 5.02 Å². The number of thioether (sulfide) groups is 1. The molecule has 23 heavy (non-hydrogen) atoms. The molecule has 0 radical (unpaired) electrons. The summed E-state index contributed by atoms with van der Waals surface area (Å²) in [7, 11) is 0. The van der Waals surface area contributed by atoms with Crippen LogP contribution in [0.4, 0.5) is 5.69 Å². The Labute approximate surface area is 144 Å². The van der Waals surface area contributed by atoms with Gasteiger partial charge in [-0.05, 0) is 43.5 Å². The van der Waals surface area contributed by atoms with Gasteiger partial charge in [-0.1, -0.05) is 29.8 Å². The molecule has 0 spiro atoms. The van der Waals surface area contributed by atoms with E-state index in [4.69, 9.17) is 11.6 Å². The predicted octanol–water partition coefficient (Wildman–Crippen LogP) is 3.70. The molecule has 7 heteroatoms. The largest absolute Gasteiger partial charge is 0.325 e. The standard InChI is InChI=1S/C16H19ClN4OS/c1-11-9-12(17)6-7-13(11)18-15(22)10-23-16-20-19-14-5-3-2-4-8-21(14)16/h6-7,9H,2-5,8,10H2,1H3,(H,18,22). The first-order chi connectivity index (χ1) is 11.1. The summed E-state index contributed by atoms with van der Waals surface area (Å²) in [4.78, 5) is 12.2. The Morgan fingerprint density at radius 3 is 3.04 bits per heavy atom. The van der Waals surface area contributed by atoms with Crippen molar-refractivity contribution < 1.29 is 4.79 Å². The van der Waals surface area contributed by atoms with E-state index in [0.29, 0.717) is 10.8 Å². The van der Waals surface area contributed by atoms with E-state index in [9.17, 15) is 4.79 Å². The summed E-state index contributed by atoms with van der Waals surface area (Å²) >= 11 is 7.37. The van der Waals surface area contributed by atoms with E-state index in [1.54, 1.807) is 6.07 Å². The van der Waals surface area contributed by atoms with Gasteiger partial charge in [0.25, 0.3) is 0 Å². The molecule has 0 aliphatic carbocycles. The number of halogens is 1. The lowest BCUT2D eigenvalue weighted by atomic mass is 10.2. The van der Waals surface area contributed by atoms with Crippen LogP contribution in [0.15, 0.2) is 23.4 Å². The third kappa shape index (κ3) is 4.06. The molecule has 3 rings (SSSR count). The Bertz CT molecular complexity index is 716. The van der Waals surface area contributed by atoms with Crippen LogP contribution in [0, 0.1) is 6.92 Å². The fourth-order valence-corrected chi connectivity index (χ4v) is 3.66. The number of amides is 1. The maximum atomic E-state index is 12.2. The fourth-order valence-electron chi connectivity index (χ4n) is 2.65. The zero-order valence-electron chi connectivity index (χ0n) is 13.0. The molecule has 1 aliphatic heterocycles. The number of carbonyl (C=O) groups excluding carboxylic acids is 1. The van der Waals surface area contributed by atoms with Crippen molar-refractivity contribution in [3.8, 4) is 0 Å². The summed E-state index contributed by atoms with van der Waals surface area (Å²) in [5, 5.41) is 12.9. The number of nitrogens with one attached hydrogen (secondary N) is 1. The number of carbonyl (C=O) groups is 1. The minimum atomic E-state index is -0.0496. The van der Waals surface area contributed by atoms with Gasteiger partial charge < -0.3 is 9.88 Å². The molecule has 0 fully saturated rings. The van der Waals surface area contributed by atoms with Gasteiger partial charge in [-0.3, -0.25) is 4.79 Å². The predicted molar refractivity (Wildman–Crippen MR) is 93.1 cm³/mol. The number of aryl methyl sites for hydroxylation is 2. The molecule has 2 heterocycles. The molecule has 0 saturated carbocycles. The van der Waals surface area contributed by atoms with E-state index in [0.717, 1.165) is 41.6 Å². The van der Waals surface area contributed by atoms with Crippen LogP contribution in [0.3, 0.4) is 0 Å². The normalized spacial score (nSPS) is 14.2. The number of hydrogen-bond donors (Lipinski definition) is 1. The fraction of sp³-hybridized carbons (Fsp3) is 0.438.